The van der Waals surface area contributed by atoms with E-state index in [1.807, 2.05) is 13.8 Å². The SMILES string of the molecule is CC(C)NC(=O)[C@@]12CC[C@@](C(Br)Br)([C@H]1Br)C2(C)C. The van der Waals surface area contributed by atoms with Crippen molar-refractivity contribution in [3.05, 3.63) is 0 Å². The smallest absolute Gasteiger partial charge is 0.228 e. The van der Waals surface area contributed by atoms with Crippen molar-refractivity contribution < 1.29 is 4.79 Å². The number of rotatable bonds is 3. The zero-order valence-corrected chi connectivity index (χ0v) is 15.9. The highest BCUT2D eigenvalue weighted by molar-refractivity contribution is 9.24. The number of fused-ring (bicyclic) bond motifs is 1. The predicted octanol–water partition coefficient (Wildman–Crippen LogP) is 4.20. The summed E-state index contributed by atoms with van der Waals surface area (Å²) in [5.41, 5.74) is -0.164. The standard InChI is InChI=1S/C13H20Br3NO/c1-7(2)17-10(18)13-6-5-12(8(13)14,9(15)16)11(13,3)4/h7-9H,5-6H2,1-4H3,(H,17,18)/t8-,12+,13-/m1/s1. The van der Waals surface area contributed by atoms with E-state index in [9.17, 15) is 4.79 Å². The van der Waals surface area contributed by atoms with Gasteiger partial charge in [0, 0.05) is 16.3 Å². The minimum absolute atomic E-state index is 0.00912. The third-order valence-electron chi connectivity index (χ3n) is 5.31. The average molecular weight is 446 g/mol. The first-order chi connectivity index (χ1) is 8.14. The fraction of sp³-hybridized carbons (Fsp3) is 0.923. The number of nitrogens with one attached hydrogen (secondary N) is 1. The van der Waals surface area contributed by atoms with Gasteiger partial charge in [-0.15, -0.1) is 0 Å². The van der Waals surface area contributed by atoms with Crippen molar-refractivity contribution in [3.8, 4) is 0 Å². The summed E-state index contributed by atoms with van der Waals surface area (Å²) in [4.78, 5) is 12.9. The van der Waals surface area contributed by atoms with E-state index in [4.69, 9.17) is 0 Å². The second kappa shape index (κ2) is 4.45. The summed E-state index contributed by atoms with van der Waals surface area (Å²) in [5, 5.41) is 3.11. The Balaban J connectivity index is 2.36. The van der Waals surface area contributed by atoms with E-state index in [0.29, 0.717) is 0 Å². The van der Waals surface area contributed by atoms with Gasteiger partial charge in [-0.3, -0.25) is 4.79 Å². The van der Waals surface area contributed by atoms with Crippen molar-refractivity contribution in [2.75, 3.05) is 0 Å². The number of halogens is 3. The van der Waals surface area contributed by atoms with Crippen molar-refractivity contribution in [2.45, 2.75) is 55.1 Å². The van der Waals surface area contributed by atoms with Crippen molar-refractivity contribution in [1.29, 1.82) is 0 Å². The molecule has 0 heterocycles. The zero-order chi connectivity index (χ0) is 13.9. The number of amides is 1. The largest absolute Gasteiger partial charge is 0.353 e. The Morgan fingerprint density at radius 2 is 1.83 bits per heavy atom. The molecular weight excluding hydrogens is 426 g/mol. The third-order valence-corrected chi connectivity index (χ3v) is 8.54. The van der Waals surface area contributed by atoms with Crippen LogP contribution in [0.1, 0.15) is 40.5 Å². The highest BCUT2D eigenvalue weighted by Crippen LogP contribution is 2.82. The number of carbonyl (C=O) groups is 1. The third kappa shape index (κ3) is 1.47. The summed E-state index contributed by atoms with van der Waals surface area (Å²) in [6.07, 6.45) is 2.03. The van der Waals surface area contributed by atoms with Gasteiger partial charge in [0.2, 0.25) is 5.91 Å². The highest BCUT2D eigenvalue weighted by Gasteiger charge is 2.83. The van der Waals surface area contributed by atoms with E-state index >= 15 is 0 Å². The van der Waals surface area contributed by atoms with Gasteiger partial charge in [-0.25, -0.2) is 0 Å². The first kappa shape index (κ1) is 15.3. The molecule has 0 spiro atoms. The van der Waals surface area contributed by atoms with E-state index < -0.39 is 0 Å². The Hall–Kier alpha value is 0.910. The molecule has 3 aliphatic rings. The van der Waals surface area contributed by atoms with Gasteiger partial charge in [0.05, 0.1) is 9.15 Å². The minimum atomic E-state index is -0.267. The van der Waals surface area contributed by atoms with Crippen LogP contribution in [0.3, 0.4) is 0 Å². The molecule has 1 N–H and O–H groups in total. The summed E-state index contributed by atoms with van der Waals surface area (Å²) >= 11 is 11.2. The predicted molar refractivity (Wildman–Crippen MR) is 85.5 cm³/mol. The van der Waals surface area contributed by atoms with Gasteiger partial charge in [-0.05, 0) is 32.1 Å². The van der Waals surface area contributed by atoms with Crippen LogP contribution in [0.4, 0.5) is 0 Å². The molecule has 0 aromatic carbocycles. The van der Waals surface area contributed by atoms with Gasteiger partial charge in [0.15, 0.2) is 0 Å². The molecule has 2 nitrogen and oxygen atoms in total. The molecule has 2 bridgehead atoms. The maximum Gasteiger partial charge on any atom is 0.228 e. The second-order valence-electron chi connectivity index (χ2n) is 6.43. The average Bonchev–Trinajstić information content (AvgIpc) is 2.66. The van der Waals surface area contributed by atoms with Crippen LogP contribution >= 0.6 is 47.8 Å². The lowest BCUT2D eigenvalue weighted by Gasteiger charge is -2.66. The van der Waals surface area contributed by atoms with Crippen LogP contribution < -0.4 is 5.32 Å². The van der Waals surface area contributed by atoms with E-state index in [0.717, 1.165) is 12.8 Å². The summed E-state index contributed by atoms with van der Waals surface area (Å²) in [5.74, 6) is 0.207. The molecule has 0 unspecified atom stereocenters. The highest BCUT2D eigenvalue weighted by atomic mass is 79.9. The summed E-state index contributed by atoms with van der Waals surface area (Å²) < 4.78 is 0.236. The molecule has 0 aromatic rings. The van der Waals surface area contributed by atoms with E-state index in [1.54, 1.807) is 0 Å². The fourth-order valence-corrected chi connectivity index (χ4v) is 9.00. The van der Waals surface area contributed by atoms with Gasteiger partial charge in [-0.2, -0.15) is 0 Å². The van der Waals surface area contributed by atoms with Gasteiger partial charge in [-0.1, -0.05) is 61.6 Å². The van der Waals surface area contributed by atoms with Crippen molar-refractivity contribution in [3.63, 3.8) is 0 Å². The lowest BCUT2D eigenvalue weighted by Crippen LogP contribution is -2.72. The molecule has 5 heteroatoms. The lowest BCUT2D eigenvalue weighted by molar-refractivity contribution is -0.162. The molecule has 0 aromatic heterocycles. The van der Waals surface area contributed by atoms with Gasteiger partial charge < -0.3 is 5.32 Å². The van der Waals surface area contributed by atoms with Crippen LogP contribution in [-0.4, -0.2) is 20.5 Å². The van der Waals surface area contributed by atoms with Crippen LogP contribution in [-0.2, 0) is 4.79 Å². The second-order valence-corrected chi connectivity index (χ2v) is 10.4. The summed E-state index contributed by atoms with van der Waals surface area (Å²) in [6, 6.07) is 0.196. The summed E-state index contributed by atoms with van der Waals surface area (Å²) in [7, 11) is 0. The van der Waals surface area contributed by atoms with Gasteiger partial charge in [0.1, 0.15) is 0 Å². The molecule has 3 rings (SSSR count). The summed E-state index contributed by atoms with van der Waals surface area (Å²) in [6.45, 7) is 8.49. The molecule has 3 saturated carbocycles. The molecule has 3 fully saturated rings. The number of hydrogen-bond donors (Lipinski definition) is 1. The van der Waals surface area contributed by atoms with Crippen molar-refractivity contribution in [2.24, 2.45) is 16.2 Å². The van der Waals surface area contributed by atoms with Gasteiger partial charge >= 0.3 is 0 Å². The quantitative estimate of drug-likeness (QED) is 0.648. The lowest BCUT2D eigenvalue weighted by atomic mass is 9.43. The Labute approximate surface area is 134 Å². The molecule has 3 atom stereocenters. The maximum absolute atomic E-state index is 12.6. The van der Waals surface area contributed by atoms with E-state index in [2.05, 4.69) is 67.0 Å². The normalized spacial score (nSPS) is 41.1. The molecule has 1 amide bonds. The zero-order valence-electron chi connectivity index (χ0n) is 11.2. The Kier molecular flexibility index (Phi) is 3.79. The Bertz CT molecular complexity index is 382. The molecule has 3 aliphatic carbocycles. The van der Waals surface area contributed by atoms with Crippen LogP contribution in [0.15, 0.2) is 0 Å². The molecule has 104 valence electrons. The first-order valence-electron chi connectivity index (χ1n) is 6.38. The monoisotopic (exact) mass is 443 g/mol. The van der Waals surface area contributed by atoms with E-state index in [-0.39, 0.29) is 36.8 Å². The fourth-order valence-electron chi connectivity index (χ4n) is 4.09. The van der Waals surface area contributed by atoms with Crippen LogP contribution in [0.5, 0.6) is 0 Å². The number of alkyl halides is 3. The van der Waals surface area contributed by atoms with E-state index in [1.165, 1.54) is 0 Å². The minimum Gasteiger partial charge on any atom is -0.353 e. The topological polar surface area (TPSA) is 29.1 Å². The van der Waals surface area contributed by atoms with Crippen LogP contribution in [0.25, 0.3) is 0 Å². The van der Waals surface area contributed by atoms with Crippen LogP contribution in [0, 0.1) is 16.2 Å². The molecule has 0 aliphatic heterocycles. The number of hydrogen-bond acceptors (Lipinski definition) is 1. The Morgan fingerprint density at radius 3 is 2.17 bits per heavy atom. The molecule has 0 radical (unpaired) electrons. The molecule has 0 saturated heterocycles. The van der Waals surface area contributed by atoms with Crippen LogP contribution in [0.2, 0.25) is 0 Å². The molecule has 18 heavy (non-hydrogen) atoms. The maximum atomic E-state index is 12.6. The first-order valence-corrected chi connectivity index (χ1v) is 9.12. The Morgan fingerprint density at radius 1 is 1.28 bits per heavy atom. The van der Waals surface area contributed by atoms with Gasteiger partial charge in [0.25, 0.3) is 0 Å². The van der Waals surface area contributed by atoms with Crippen molar-refractivity contribution in [1.82, 2.24) is 5.32 Å². The number of carbonyl (C=O) groups excluding carboxylic acids is 1. The van der Waals surface area contributed by atoms with Crippen molar-refractivity contribution >= 4 is 53.7 Å². The molecular formula is C13H20Br3NO.